The van der Waals surface area contributed by atoms with E-state index in [0.717, 1.165) is 26.3 Å². The number of methoxy groups -OCH3 is 1. The van der Waals surface area contributed by atoms with E-state index in [4.69, 9.17) is 9.47 Å². The normalized spacial score (nSPS) is 19.4. The van der Waals surface area contributed by atoms with Gasteiger partial charge in [-0.3, -0.25) is 0 Å². The van der Waals surface area contributed by atoms with Crippen LogP contribution in [0.15, 0.2) is 0 Å². The maximum atomic E-state index is 5.13. The SMILES string of the molecule is COC=[N+]1CCOCC1. The Labute approximate surface area is 54.9 Å². The van der Waals surface area contributed by atoms with Gasteiger partial charge in [-0.05, 0) is 0 Å². The standard InChI is InChI=1S/C6H12NO2/c1-8-6-7-2-4-9-5-3-7/h6H,2-5H2,1H3/q+1. The summed E-state index contributed by atoms with van der Waals surface area (Å²) in [6, 6.07) is 0. The van der Waals surface area contributed by atoms with E-state index < -0.39 is 0 Å². The minimum absolute atomic E-state index is 0.819. The second-order valence-corrected chi connectivity index (χ2v) is 1.99. The topological polar surface area (TPSA) is 21.5 Å². The lowest BCUT2D eigenvalue weighted by molar-refractivity contribution is -0.551. The van der Waals surface area contributed by atoms with Crippen LogP contribution >= 0.6 is 0 Å². The van der Waals surface area contributed by atoms with Crippen LogP contribution in [0, 0.1) is 0 Å². The Kier molecular flexibility index (Phi) is 2.51. The van der Waals surface area contributed by atoms with E-state index in [9.17, 15) is 0 Å². The number of morpholine rings is 1. The van der Waals surface area contributed by atoms with Gasteiger partial charge < -0.3 is 9.47 Å². The molecule has 3 heteroatoms. The molecule has 0 bridgehead atoms. The molecule has 1 fully saturated rings. The summed E-state index contributed by atoms with van der Waals surface area (Å²) >= 11 is 0. The minimum atomic E-state index is 0.819. The number of hydrogen-bond acceptors (Lipinski definition) is 2. The highest BCUT2D eigenvalue weighted by Crippen LogP contribution is 1.86. The van der Waals surface area contributed by atoms with Gasteiger partial charge in [-0.1, -0.05) is 0 Å². The van der Waals surface area contributed by atoms with Gasteiger partial charge in [-0.15, -0.1) is 0 Å². The van der Waals surface area contributed by atoms with Crippen LogP contribution in [0.1, 0.15) is 0 Å². The van der Waals surface area contributed by atoms with Gasteiger partial charge in [0.25, 0.3) is 0 Å². The average molecular weight is 130 g/mol. The molecule has 0 aliphatic carbocycles. The van der Waals surface area contributed by atoms with Crippen LogP contribution in [0.3, 0.4) is 0 Å². The highest BCUT2D eigenvalue weighted by molar-refractivity contribution is 5.38. The highest BCUT2D eigenvalue weighted by atomic mass is 16.5. The summed E-state index contributed by atoms with van der Waals surface area (Å²) in [7, 11) is 1.66. The third-order valence-electron chi connectivity index (χ3n) is 1.30. The monoisotopic (exact) mass is 130 g/mol. The van der Waals surface area contributed by atoms with E-state index in [1.807, 2.05) is 0 Å². The van der Waals surface area contributed by atoms with Crippen molar-refractivity contribution in [3.63, 3.8) is 0 Å². The van der Waals surface area contributed by atoms with Crippen LogP contribution in [0.5, 0.6) is 0 Å². The fourth-order valence-electron chi connectivity index (χ4n) is 0.832. The van der Waals surface area contributed by atoms with Gasteiger partial charge >= 0.3 is 6.40 Å². The molecule has 0 aromatic rings. The van der Waals surface area contributed by atoms with E-state index >= 15 is 0 Å². The molecule has 1 aliphatic heterocycles. The van der Waals surface area contributed by atoms with Crippen LogP contribution < -0.4 is 0 Å². The summed E-state index contributed by atoms with van der Waals surface area (Å²) in [5, 5.41) is 0. The molecule has 0 amide bonds. The lowest BCUT2D eigenvalue weighted by atomic mass is 10.5. The van der Waals surface area contributed by atoms with Crippen LogP contribution in [0.25, 0.3) is 0 Å². The van der Waals surface area contributed by atoms with E-state index in [1.54, 1.807) is 13.5 Å². The Balaban J connectivity index is 2.30. The lowest BCUT2D eigenvalue weighted by Crippen LogP contribution is -2.29. The van der Waals surface area contributed by atoms with Crippen molar-refractivity contribution in [3.05, 3.63) is 0 Å². The van der Waals surface area contributed by atoms with Crippen molar-refractivity contribution < 1.29 is 14.0 Å². The molecular weight excluding hydrogens is 118 g/mol. The van der Waals surface area contributed by atoms with Crippen LogP contribution in [0.2, 0.25) is 0 Å². The quantitative estimate of drug-likeness (QED) is 0.359. The molecule has 0 unspecified atom stereocenters. The van der Waals surface area contributed by atoms with Crippen molar-refractivity contribution in [2.24, 2.45) is 0 Å². The smallest absolute Gasteiger partial charge is 0.323 e. The molecule has 0 saturated carbocycles. The minimum Gasteiger partial charge on any atom is -0.454 e. The van der Waals surface area contributed by atoms with E-state index in [0.29, 0.717) is 0 Å². The fourth-order valence-corrected chi connectivity index (χ4v) is 0.832. The molecule has 52 valence electrons. The van der Waals surface area contributed by atoms with Crippen molar-refractivity contribution >= 4 is 6.40 Å². The Hall–Kier alpha value is -0.570. The summed E-state index contributed by atoms with van der Waals surface area (Å²) in [4.78, 5) is 0. The lowest BCUT2D eigenvalue weighted by Gasteiger charge is -2.08. The van der Waals surface area contributed by atoms with Gasteiger partial charge in [0.1, 0.15) is 13.2 Å². The van der Waals surface area contributed by atoms with E-state index in [1.165, 1.54) is 0 Å². The van der Waals surface area contributed by atoms with Gasteiger partial charge in [-0.25, -0.2) is 4.58 Å². The fraction of sp³-hybridized carbons (Fsp3) is 0.833. The van der Waals surface area contributed by atoms with Gasteiger partial charge in [0.15, 0.2) is 13.1 Å². The summed E-state index contributed by atoms with van der Waals surface area (Å²) in [6.45, 7) is 3.54. The van der Waals surface area contributed by atoms with Gasteiger partial charge in [0.2, 0.25) is 0 Å². The first-order chi connectivity index (χ1) is 4.43. The second-order valence-electron chi connectivity index (χ2n) is 1.99. The third kappa shape index (κ3) is 2.01. The summed E-state index contributed by atoms with van der Waals surface area (Å²) < 4.78 is 12.1. The van der Waals surface area contributed by atoms with E-state index in [-0.39, 0.29) is 0 Å². The van der Waals surface area contributed by atoms with Gasteiger partial charge in [0, 0.05) is 0 Å². The molecule has 3 nitrogen and oxygen atoms in total. The molecule has 0 radical (unpaired) electrons. The van der Waals surface area contributed by atoms with Gasteiger partial charge in [-0.2, -0.15) is 0 Å². The molecule has 0 atom stereocenters. The molecule has 1 rings (SSSR count). The number of nitrogens with zero attached hydrogens (tertiary/aromatic N) is 1. The van der Waals surface area contributed by atoms with Crippen LogP contribution in [-0.2, 0) is 9.47 Å². The Morgan fingerprint density at radius 3 is 2.67 bits per heavy atom. The van der Waals surface area contributed by atoms with E-state index in [2.05, 4.69) is 4.58 Å². The zero-order chi connectivity index (χ0) is 6.53. The molecule has 0 aromatic carbocycles. The zero-order valence-electron chi connectivity index (χ0n) is 5.67. The summed E-state index contributed by atoms with van der Waals surface area (Å²) in [5.41, 5.74) is 0. The summed E-state index contributed by atoms with van der Waals surface area (Å²) in [6.07, 6.45) is 1.74. The molecule has 1 aliphatic rings. The molecule has 9 heavy (non-hydrogen) atoms. The Morgan fingerprint density at radius 1 is 1.44 bits per heavy atom. The third-order valence-corrected chi connectivity index (χ3v) is 1.30. The van der Waals surface area contributed by atoms with Crippen molar-refractivity contribution in [3.8, 4) is 0 Å². The molecule has 0 N–H and O–H groups in total. The average Bonchev–Trinajstić information content (AvgIpc) is 1.91. The predicted octanol–water partition coefficient (Wildman–Crippen LogP) is -0.296. The maximum absolute atomic E-state index is 5.13. The van der Waals surface area contributed by atoms with Crippen molar-refractivity contribution in [1.29, 1.82) is 0 Å². The second kappa shape index (κ2) is 3.45. The molecule has 0 aromatic heterocycles. The predicted molar refractivity (Wildman–Crippen MR) is 33.9 cm³/mol. The van der Waals surface area contributed by atoms with Crippen LogP contribution in [-0.4, -0.2) is 44.4 Å². The molecule has 0 spiro atoms. The zero-order valence-corrected chi connectivity index (χ0v) is 5.67. The largest absolute Gasteiger partial charge is 0.454 e. The summed E-state index contributed by atoms with van der Waals surface area (Å²) in [5.74, 6) is 0. The highest BCUT2D eigenvalue weighted by Gasteiger charge is 2.09. The Morgan fingerprint density at radius 2 is 2.11 bits per heavy atom. The number of hydrogen-bond donors (Lipinski definition) is 0. The van der Waals surface area contributed by atoms with Crippen molar-refractivity contribution in [2.75, 3.05) is 33.4 Å². The maximum Gasteiger partial charge on any atom is 0.323 e. The molecular formula is C6H12NO2+. The Bertz CT molecular complexity index is 104. The number of ether oxygens (including phenoxy) is 2. The first-order valence-electron chi connectivity index (χ1n) is 3.11. The first-order valence-corrected chi connectivity index (χ1v) is 3.11. The van der Waals surface area contributed by atoms with Crippen molar-refractivity contribution in [2.45, 2.75) is 0 Å². The van der Waals surface area contributed by atoms with Gasteiger partial charge in [0.05, 0.1) is 7.11 Å². The number of rotatable bonds is 1. The van der Waals surface area contributed by atoms with Crippen LogP contribution in [0.4, 0.5) is 0 Å². The first kappa shape index (κ1) is 6.55. The molecule has 1 heterocycles. The van der Waals surface area contributed by atoms with Crippen molar-refractivity contribution in [1.82, 2.24) is 0 Å². The molecule has 1 saturated heterocycles.